The van der Waals surface area contributed by atoms with E-state index in [1.165, 1.54) is 6.07 Å². The Hall–Kier alpha value is -3.10. The van der Waals surface area contributed by atoms with E-state index in [1.807, 2.05) is 19.2 Å². The third kappa shape index (κ3) is 4.48. The maximum absolute atomic E-state index is 13.7. The van der Waals surface area contributed by atoms with Crippen LogP contribution in [0.2, 0.25) is 0 Å². The van der Waals surface area contributed by atoms with Crippen molar-refractivity contribution in [2.45, 2.75) is 58.7 Å². The normalized spacial score (nSPS) is 21.2. The van der Waals surface area contributed by atoms with Gasteiger partial charge >= 0.3 is 6.18 Å². The number of halogens is 3. The number of benzene rings is 1. The maximum atomic E-state index is 13.7. The Bertz CT molecular complexity index is 1270. The van der Waals surface area contributed by atoms with Crippen molar-refractivity contribution < 1.29 is 18.0 Å². The number of rotatable bonds is 3. The maximum Gasteiger partial charge on any atom is 0.417 e. The van der Waals surface area contributed by atoms with Gasteiger partial charge in [-0.1, -0.05) is 18.6 Å². The number of aryl methyl sites for hydroxylation is 2. The number of amides is 1. The van der Waals surface area contributed by atoms with Gasteiger partial charge in [-0.2, -0.15) is 18.3 Å². The predicted octanol–water partition coefficient (Wildman–Crippen LogP) is 5.58. The van der Waals surface area contributed by atoms with E-state index in [1.54, 1.807) is 22.4 Å². The molecule has 2 saturated heterocycles. The number of aromatic nitrogens is 3. The number of carbonyl (C=O) groups excluding carboxylic acids is 1. The fraction of sp³-hybridized carbons (Fsp3) is 0.500. The highest BCUT2D eigenvalue weighted by Crippen LogP contribution is 2.37. The van der Waals surface area contributed by atoms with Crippen LogP contribution in [0.3, 0.4) is 0 Å². The van der Waals surface area contributed by atoms with Gasteiger partial charge in [0.15, 0.2) is 5.65 Å². The SMILES string of the molecule is Cc1ccc(C(=O)N2CCCC[C@H]2c2cc3nc(N4CC[C@H](C)C4)c(C)cn3n2)c(C(F)(F)F)c1. The van der Waals surface area contributed by atoms with Gasteiger partial charge in [0.05, 0.1) is 22.9 Å². The van der Waals surface area contributed by atoms with Gasteiger partial charge in [0.2, 0.25) is 0 Å². The molecule has 0 bridgehead atoms. The summed E-state index contributed by atoms with van der Waals surface area (Å²) in [5.41, 5.74) is 1.64. The predicted molar refractivity (Wildman–Crippen MR) is 128 cm³/mol. The molecule has 1 amide bonds. The quantitative estimate of drug-likeness (QED) is 0.486. The molecule has 6 nitrogen and oxygen atoms in total. The lowest BCUT2D eigenvalue weighted by atomic mass is 9.96. The van der Waals surface area contributed by atoms with Crippen molar-refractivity contribution in [1.82, 2.24) is 19.5 Å². The Morgan fingerprint density at radius 1 is 1.09 bits per heavy atom. The number of likely N-dealkylation sites (tertiary alicyclic amines) is 1. The van der Waals surface area contributed by atoms with Crippen LogP contribution in [0.25, 0.3) is 5.65 Å². The molecule has 2 aromatic heterocycles. The van der Waals surface area contributed by atoms with E-state index in [-0.39, 0.29) is 5.56 Å². The number of alkyl halides is 3. The van der Waals surface area contributed by atoms with E-state index < -0.39 is 23.7 Å². The van der Waals surface area contributed by atoms with E-state index in [4.69, 9.17) is 10.1 Å². The highest BCUT2D eigenvalue weighted by molar-refractivity contribution is 5.96. The van der Waals surface area contributed by atoms with Gasteiger partial charge in [0.1, 0.15) is 5.82 Å². The van der Waals surface area contributed by atoms with Crippen molar-refractivity contribution in [2.75, 3.05) is 24.5 Å². The van der Waals surface area contributed by atoms with E-state index >= 15 is 0 Å². The molecule has 2 fully saturated rings. The van der Waals surface area contributed by atoms with Crippen LogP contribution in [0.4, 0.5) is 19.0 Å². The number of carbonyl (C=O) groups is 1. The first-order chi connectivity index (χ1) is 16.6. The first-order valence-electron chi connectivity index (χ1n) is 12.2. The summed E-state index contributed by atoms with van der Waals surface area (Å²) in [7, 11) is 0. The Morgan fingerprint density at radius 3 is 2.60 bits per heavy atom. The Balaban J connectivity index is 1.49. The summed E-state index contributed by atoms with van der Waals surface area (Å²) in [4.78, 5) is 22.2. The second-order valence-electron chi connectivity index (χ2n) is 10.0. The summed E-state index contributed by atoms with van der Waals surface area (Å²) in [6.45, 7) is 8.17. The number of hydrogen-bond acceptors (Lipinski definition) is 4. The van der Waals surface area contributed by atoms with Crippen molar-refractivity contribution >= 4 is 17.4 Å². The van der Waals surface area contributed by atoms with Crippen LogP contribution in [0.5, 0.6) is 0 Å². The van der Waals surface area contributed by atoms with Crippen LogP contribution in [0, 0.1) is 19.8 Å². The topological polar surface area (TPSA) is 53.7 Å². The molecule has 0 saturated carbocycles. The number of anilines is 1. The molecule has 35 heavy (non-hydrogen) atoms. The summed E-state index contributed by atoms with van der Waals surface area (Å²) in [6, 6.07) is 5.38. The summed E-state index contributed by atoms with van der Waals surface area (Å²) in [6.07, 6.45) is 0.758. The fourth-order valence-corrected chi connectivity index (χ4v) is 5.35. The second kappa shape index (κ2) is 8.84. The highest BCUT2D eigenvalue weighted by atomic mass is 19.4. The minimum absolute atomic E-state index is 0.307. The Kier molecular flexibility index (Phi) is 5.97. The van der Waals surface area contributed by atoms with Gasteiger partial charge in [-0.25, -0.2) is 9.50 Å². The molecule has 1 aromatic carbocycles. The lowest BCUT2D eigenvalue weighted by molar-refractivity contribution is -0.138. The summed E-state index contributed by atoms with van der Waals surface area (Å²) in [5, 5.41) is 4.71. The average molecular weight is 486 g/mol. The second-order valence-corrected chi connectivity index (χ2v) is 10.0. The molecule has 2 atom stereocenters. The van der Waals surface area contributed by atoms with Gasteiger partial charge < -0.3 is 9.80 Å². The van der Waals surface area contributed by atoms with Crippen molar-refractivity contribution in [2.24, 2.45) is 5.92 Å². The smallest absolute Gasteiger partial charge is 0.356 e. The minimum Gasteiger partial charge on any atom is -0.356 e. The number of piperidine rings is 1. The molecule has 2 aliphatic rings. The largest absolute Gasteiger partial charge is 0.417 e. The Labute approximate surface area is 202 Å². The van der Waals surface area contributed by atoms with E-state index in [0.29, 0.717) is 35.8 Å². The van der Waals surface area contributed by atoms with Gasteiger partial charge in [-0.15, -0.1) is 0 Å². The zero-order valence-corrected chi connectivity index (χ0v) is 20.3. The van der Waals surface area contributed by atoms with Crippen molar-refractivity contribution in [3.63, 3.8) is 0 Å². The summed E-state index contributed by atoms with van der Waals surface area (Å²) in [5.74, 6) is 0.965. The van der Waals surface area contributed by atoms with Crippen LogP contribution in [0.15, 0.2) is 30.5 Å². The molecule has 5 rings (SSSR count). The zero-order chi connectivity index (χ0) is 24.9. The molecule has 2 aliphatic heterocycles. The number of nitrogens with zero attached hydrogens (tertiary/aromatic N) is 5. The van der Waals surface area contributed by atoms with E-state index in [2.05, 4.69) is 11.8 Å². The van der Waals surface area contributed by atoms with Crippen molar-refractivity contribution in [1.29, 1.82) is 0 Å². The van der Waals surface area contributed by atoms with E-state index in [0.717, 1.165) is 49.8 Å². The van der Waals surface area contributed by atoms with Gasteiger partial charge in [0, 0.05) is 37.5 Å². The van der Waals surface area contributed by atoms with Crippen LogP contribution in [-0.2, 0) is 6.18 Å². The molecule has 186 valence electrons. The number of fused-ring (bicyclic) bond motifs is 1. The van der Waals surface area contributed by atoms with Gasteiger partial charge in [-0.3, -0.25) is 4.79 Å². The molecule has 0 aliphatic carbocycles. The summed E-state index contributed by atoms with van der Waals surface area (Å²) >= 11 is 0. The van der Waals surface area contributed by atoms with Gasteiger partial charge in [-0.05, 0) is 57.6 Å². The summed E-state index contributed by atoms with van der Waals surface area (Å²) < 4.78 is 43.0. The molecule has 9 heteroatoms. The molecule has 4 heterocycles. The number of hydrogen-bond donors (Lipinski definition) is 0. The average Bonchev–Trinajstić information content (AvgIpc) is 3.43. The molecular weight excluding hydrogens is 455 g/mol. The first kappa shape index (κ1) is 23.6. The molecule has 0 N–H and O–H groups in total. The van der Waals surface area contributed by atoms with Gasteiger partial charge in [0.25, 0.3) is 5.91 Å². The van der Waals surface area contributed by atoms with Crippen molar-refractivity contribution in [3.05, 3.63) is 58.4 Å². The minimum atomic E-state index is -4.60. The first-order valence-corrected chi connectivity index (χ1v) is 12.2. The molecule has 0 radical (unpaired) electrons. The lowest BCUT2D eigenvalue weighted by Crippen LogP contribution is -2.39. The zero-order valence-electron chi connectivity index (χ0n) is 20.3. The monoisotopic (exact) mass is 485 g/mol. The van der Waals surface area contributed by atoms with Crippen molar-refractivity contribution in [3.8, 4) is 0 Å². The molecular formula is C26H30F3N5O. The molecule has 3 aromatic rings. The van der Waals surface area contributed by atoms with Crippen LogP contribution in [0.1, 0.15) is 71.4 Å². The Morgan fingerprint density at radius 2 is 1.89 bits per heavy atom. The standard InChI is InChI=1S/C26H30F3N5O/c1-16-7-8-19(20(12-16)26(27,28)29)25(35)33-10-5-4-6-22(33)21-13-23-30-24(18(3)15-34(23)31-21)32-11-9-17(2)14-32/h7-8,12-13,15,17,22H,4-6,9-11,14H2,1-3H3/t17-,22-/m0/s1. The molecule has 0 unspecified atom stereocenters. The van der Waals surface area contributed by atoms with Crippen LogP contribution < -0.4 is 4.90 Å². The fourth-order valence-electron chi connectivity index (χ4n) is 5.35. The lowest BCUT2D eigenvalue weighted by Gasteiger charge is -2.35. The van der Waals surface area contributed by atoms with Crippen LogP contribution >= 0.6 is 0 Å². The van der Waals surface area contributed by atoms with E-state index in [9.17, 15) is 18.0 Å². The third-order valence-electron chi connectivity index (χ3n) is 7.16. The highest BCUT2D eigenvalue weighted by Gasteiger charge is 2.38. The molecule has 0 spiro atoms. The van der Waals surface area contributed by atoms with Crippen LogP contribution in [-0.4, -0.2) is 45.0 Å². The third-order valence-corrected chi connectivity index (χ3v) is 7.16.